The second-order valence-electron chi connectivity index (χ2n) is 5.30. The largest absolute Gasteiger partial charge is 0.419 e. The predicted octanol–water partition coefficient (Wildman–Crippen LogP) is 3.57. The lowest BCUT2D eigenvalue weighted by molar-refractivity contribution is -0.140. The van der Waals surface area contributed by atoms with Gasteiger partial charge in [0.1, 0.15) is 11.9 Å². The van der Waals surface area contributed by atoms with E-state index < -0.39 is 29.3 Å². The second kappa shape index (κ2) is 5.33. The first-order valence-electron chi connectivity index (χ1n) is 6.51. The summed E-state index contributed by atoms with van der Waals surface area (Å²) in [6.45, 7) is 0. The molecule has 112 valence electrons. The van der Waals surface area contributed by atoms with Crippen LogP contribution in [0.4, 0.5) is 17.6 Å². The van der Waals surface area contributed by atoms with Gasteiger partial charge in [-0.05, 0) is 30.5 Å². The maximum atomic E-state index is 13.2. The molecule has 0 saturated heterocycles. The number of aliphatic hydroxyl groups is 2. The quantitative estimate of drug-likeness (QED) is 0.818. The van der Waals surface area contributed by atoms with Crippen LogP contribution in [0, 0.1) is 5.82 Å². The van der Waals surface area contributed by atoms with Crippen molar-refractivity contribution in [2.75, 3.05) is 0 Å². The maximum absolute atomic E-state index is 13.2. The van der Waals surface area contributed by atoms with Crippen LogP contribution in [0.2, 0.25) is 0 Å². The summed E-state index contributed by atoms with van der Waals surface area (Å²) in [6.07, 6.45) is -3.27. The number of hydrogen-bond acceptors (Lipinski definition) is 2. The first-order chi connectivity index (χ1) is 9.24. The van der Waals surface area contributed by atoms with Crippen LogP contribution in [0.3, 0.4) is 0 Å². The third-order valence-corrected chi connectivity index (χ3v) is 3.84. The molecule has 0 heterocycles. The van der Waals surface area contributed by atoms with Gasteiger partial charge in [-0.1, -0.05) is 25.3 Å². The van der Waals surface area contributed by atoms with Crippen LogP contribution in [0.1, 0.15) is 49.3 Å². The molecule has 2 rings (SSSR count). The first kappa shape index (κ1) is 15.3. The van der Waals surface area contributed by atoms with Crippen LogP contribution in [0.25, 0.3) is 0 Å². The summed E-state index contributed by atoms with van der Waals surface area (Å²) < 4.78 is 51.1. The number of hydrogen-bond donors (Lipinski definition) is 2. The lowest BCUT2D eigenvalue weighted by atomic mass is 9.78. The van der Waals surface area contributed by atoms with E-state index >= 15 is 0 Å². The summed E-state index contributed by atoms with van der Waals surface area (Å²) in [5.74, 6) is -1.39. The number of benzene rings is 1. The van der Waals surface area contributed by atoms with E-state index in [0.29, 0.717) is 37.8 Å². The van der Waals surface area contributed by atoms with E-state index in [9.17, 15) is 27.8 Å². The van der Waals surface area contributed by atoms with Crippen molar-refractivity contribution >= 4 is 0 Å². The van der Waals surface area contributed by atoms with Crippen molar-refractivity contribution in [2.24, 2.45) is 0 Å². The average Bonchev–Trinajstić information content (AvgIpc) is 2.38. The Morgan fingerprint density at radius 1 is 1.10 bits per heavy atom. The lowest BCUT2D eigenvalue weighted by Crippen LogP contribution is -2.38. The highest BCUT2D eigenvalue weighted by Crippen LogP contribution is 2.40. The van der Waals surface area contributed by atoms with Gasteiger partial charge in [0.15, 0.2) is 0 Å². The summed E-state index contributed by atoms with van der Waals surface area (Å²) >= 11 is 0. The van der Waals surface area contributed by atoms with Gasteiger partial charge in [0.25, 0.3) is 0 Å². The van der Waals surface area contributed by atoms with Gasteiger partial charge < -0.3 is 10.2 Å². The molecule has 1 aliphatic carbocycles. The molecule has 1 unspecified atom stereocenters. The Labute approximate surface area is 114 Å². The average molecular weight is 292 g/mol. The zero-order chi connectivity index (χ0) is 15.0. The zero-order valence-electron chi connectivity index (χ0n) is 10.8. The molecule has 1 fully saturated rings. The van der Waals surface area contributed by atoms with Gasteiger partial charge in [-0.3, -0.25) is 0 Å². The van der Waals surface area contributed by atoms with Gasteiger partial charge >= 0.3 is 6.18 Å². The molecule has 1 aromatic carbocycles. The lowest BCUT2D eigenvalue weighted by Gasteiger charge is -2.36. The fourth-order valence-electron chi connectivity index (χ4n) is 2.68. The van der Waals surface area contributed by atoms with Gasteiger partial charge in [-0.25, -0.2) is 4.39 Å². The Morgan fingerprint density at radius 3 is 2.25 bits per heavy atom. The molecule has 1 saturated carbocycles. The third-order valence-electron chi connectivity index (χ3n) is 3.84. The van der Waals surface area contributed by atoms with Crippen LogP contribution in [-0.4, -0.2) is 15.8 Å². The van der Waals surface area contributed by atoms with Crippen molar-refractivity contribution in [3.63, 3.8) is 0 Å². The van der Waals surface area contributed by atoms with Crippen molar-refractivity contribution < 1.29 is 27.8 Å². The smallest absolute Gasteiger partial charge is 0.387 e. The van der Waals surface area contributed by atoms with Gasteiger partial charge in [-0.2, -0.15) is 13.2 Å². The zero-order valence-corrected chi connectivity index (χ0v) is 10.8. The van der Waals surface area contributed by atoms with Crippen molar-refractivity contribution in [1.82, 2.24) is 0 Å². The monoisotopic (exact) mass is 292 g/mol. The summed E-state index contributed by atoms with van der Waals surface area (Å²) in [6, 6.07) is 2.34. The molecule has 0 aromatic heterocycles. The van der Waals surface area contributed by atoms with Crippen LogP contribution in [0.15, 0.2) is 18.2 Å². The molecule has 1 aliphatic rings. The number of alkyl halides is 3. The predicted molar refractivity (Wildman–Crippen MR) is 64.4 cm³/mol. The minimum atomic E-state index is -4.82. The summed E-state index contributed by atoms with van der Waals surface area (Å²) in [5.41, 5.74) is -2.96. The Kier molecular flexibility index (Phi) is 4.07. The summed E-state index contributed by atoms with van der Waals surface area (Å²) in [4.78, 5) is 0. The summed E-state index contributed by atoms with van der Waals surface area (Å²) in [7, 11) is 0. The molecular formula is C14H16F4O2. The minimum absolute atomic E-state index is 0.108. The molecular weight excluding hydrogens is 276 g/mol. The molecule has 0 bridgehead atoms. The highest BCUT2D eigenvalue weighted by molar-refractivity contribution is 5.30. The van der Waals surface area contributed by atoms with E-state index in [-0.39, 0.29) is 5.56 Å². The van der Waals surface area contributed by atoms with Gasteiger partial charge in [0, 0.05) is 0 Å². The molecule has 1 aromatic rings. The number of rotatable bonds is 2. The molecule has 0 amide bonds. The van der Waals surface area contributed by atoms with Gasteiger partial charge in [0.05, 0.1) is 11.2 Å². The van der Waals surface area contributed by atoms with Gasteiger partial charge in [0.2, 0.25) is 0 Å². The normalized spacial score (nSPS) is 20.7. The Morgan fingerprint density at radius 2 is 1.70 bits per heavy atom. The van der Waals surface area contributed by atoms with Gasteiger partial charge in [-0.15, -0.1) is 0 Å². The van der Waals surface area contributed by atoms with Crippen molar-refractivity contribution in [1.29, 1.82) is 0 Å². The standard InChI is InChI=1S/C14H16F4O2/c15-11-5-4-9(8-10(11)14(16,17)18)12(19)13(20)6-2-1-3-7-13/h4-5,8,12,19-20H,1-3,6-7H2. The number of aliphatic hydroxyl groups excluding tert-OH is 1. The van der Waals surface area contributed by atoms with E-state index in [0.717, 1.165) is 12.5 Å². The first-order valence-corrected chi connectivity index (χ1v) is 6.51. The van der Waals surface area contributed by atoms with E-state index in [4.69, 9.17) is 0 Å². The SMILES string of the molecule is OC(c1ccc(F)c(C(F)(F)F)c1)C1(O)CCCCC1. The van der Waals surface area contributed by atoms with Crippen molar-refractivity contribution in [2.45, 2.75) is 50.0 Å². The molecule has 0 aliphatic heterocycles. The highest BCUT2D eigenvalue weighted by atomic mass is 19.4. The van der Waals surface area contributed by atoms with Crippen LogP contribution in [-0.2, 0) is 6.18 Å². The topological polar surface area (TPSA) is 40.5 Å². The molecule has 20 heavy (non-hydrogen) atoms. The Bertz CT molecular complexity index is 479. The molecule has 6 heteroatoms. The van der Waals surface area contributed by atoms with E-state index in [2.05, 4.69) is 0 Å². The molecule has 2 N–H and O–H groups in total. The highest BCUT2D eigenvalue weighted by Gasteiger charge is 2.40. The van der Waals surface area contributed by atoms with Crippen LogP contribution >= 0.6 is 0 Å². The fourth-order valence-corrected chi connectivity index (χ4v) is 2.68. The molecule has 0 spiro atoms. The van der Waals surface area contributed by atoms with E-state index in [1.807, 2.05) is 0 Å². The van der Waals surface area contributed by atoms with Crippen molar-refractivity contribution in [3.05, 3.63) is 35.1 Å². The molecule has 1 atom stereocenters. The summed E-state index contributed by atoms with van der Waals surface area (Å²) in [5, 5.41) is 20.5. The Balaban J connectivity index is 2.33. The number of halogens is 4. The molecule has 2 nitrogen and oxygen atoms in total. The second-order valence-corrected chi connectivity index (χ2v) is 5.30. The molecule has 0 radical (unpaired) electrons. The fraction of sp³-hybridized carbons (Fsp3) is 0.571. The van der Waals surface area contributed by atoms with E-state index in [1.54, 1.807) is 0 Å². The minimum Gasteiger partial charge on any atom is -0.387 e. The Hall–Kier alpha value is -1.14. The maximum Gasteiger partial charge on any atom is 0.419 e. The van der Waals surface area contributed by atoms with Crippen LogP contribution < -0.4 is 0 Å². The third kappa shape index (κ3) is 2.96. The van der Waals surface area contributed by atoms with Crippen molar-refractivity contribution in [3.8, 4) is 0 Å². The van der Waals surface area contributed by atoms with E-state index in [1.165, 1.54) is 0 Å². The van der Waals surface area contributed by atoms with Crippen LogP contribution in [0.5, 0.6) is 0 Å².